The number of hydrazine groups is 1. The Morgan fingerprint density at radius 2 is 1.97 bits per heavy atom. The molecule has 2 amide bonds. The first-order valence-electron chi connectivity index (χ1n) is 8.31. The molecule has 3 aromatic rings. The first-order valence-corrected chi connectivity index (χ1v) is 10.7. The lowest BCUT2D eigenvalue weighted by Crippen LogP contribution is -2.49. The SMILES string of the molecule is Cc1cc(OCC(=O)NNC(=S)NC(=O)c2sc3ccccc3c2Cl)ccc1Br. The maximum absolute atomic E-state index is 12.4. The van der Waals surface area contributed by atoms with Gasteiger partial charge in [-0.05, 0) is 49.0 Å². The second kappa shape index (κ2) is 9.53. The summed E-state index contributed by atoms with van der Waals surface area (Å²) in [6.07, 6.45) is 0. The van der Waals surface area contributed by atoms with E-state index in [-0.39, 0.29) is 11.7 Å². The second-order valence-corrected chi connectivity index (χ2v) is 8.59. The molecule has 0 fully saturated rings. The third kappa shape index (κ3) is 5.45. The zero-order valence-corrected chi connectivity index (χ0v) is 19.0. The molecule has 6 nitrogen and oxygen atoms in total. The average molecular weight is 513 g/mol. The minimum Gasteiger partial charge on any atom is -0.484 e. The molecule has 0 atom stereocenters. The van der Waals surface area contributed by atoms with Crippen molar-refractivity contribution in [1.29, 1.82) is 0 Å². The Morgan fingerprint density at radius 1 is 1.21 bits per heavy atom. The fourth-order valence-corrected chi connectivity index (χ4v) is 4.17. The molecule has 0 aliphatic carbocycles. The number of fused-ring (bicyclic) bond motifs is 1. The standard InChI is InChI=1S/C19H15BrClN3O3S2/c1-10-8-11(6-7-13(10)20)27-9-15(25)23-24-19(28)22-18(26)17-16(21)12-4-2-3-5-14(12)29-17/h2-8H,9H2,1H3,(H,23,25)(H2,22,24,26,28). The van der Waals surface area contributed by atoms with Gasteiger partial charge in [-0.1, -0.05) is 45.7 Å². The monoisotopic (exact) mass is 511 g/mol. The largest absolute Gasteiger partial charge is 0.484 e. The molecule has 3 N–H and O–H groups in total. The van der Waals surface area contributed by atoms with Crippen molar-refractivity contribution < 1.29 is 14.3 Å². The van der Waals surface area contributed by atoms with Crippen LogP contribution in [0.25, 0.3) is 10.1 Å². The molecule has 2 aromatic carbocycles. The van der Waals surface area contributed by atoms with Gasteiger partial charge in [0, 0.05) is 14.6 Å². The van der Waals surface area contributed by atoms with Gasteiger partial charge in [0.1, 0.15) is 10.6 Å². The Balaban J connectivity index is 1.48. The number of hydrogen-bond acceptors (Lipinski definition) is 5. The van der Waals surface area contributed by atoms with Gasteiger partial charge in [-0.3, -0.25) is 25.8 Å². The van der Waals surface area contributed by atoms with E-state index in [2.05, 4.69) is 32.1 Å². The maximum Gasteiger partial charge on any atom is 0.276 e. The first kappa shape index (κ1) is 21.5. The van der Waals surface area contributed by atoms with Gasteiger partial charge in [-0.25, -0.2) is 0 Å². The lowest BCUT2D eigenvalue weighted by Gasteiger charge is -2.11. The van der Waals surface area contributed by atoms with E-state index in [0.29, 0.717) is 15.6 Å². The Labute approximate surface area is 189 Å². The lowest BCUT2D eigenvalue weighted by molar-refractivity contribution is -0.123. The molecule has 3 rings (SSSR count). The number of amides is 2. The number of aryl methyl sites for hydroxylation is 1. The van der Waals surface area contributed by atoms with Crippen molar-refractivity contribution >= 4 is 78.1 Å². The van der Waals surface area contributed by atoms with Crippen molar-refractivity contribution in [2.24, 2.45) is 0 Å². The molecule has 0 radical (unpaired) electrons. The summed E-state index contributed by atoms with van der Waals surface area (Å²) < 4.78 is 7.27. The number of carbonyl (C=O) groups is 2. The lowest BCUT2D eigenvalue weighted by atomic mass is 10.2. The van der Waals surface area contributed by atoms with Crippen molar-refractivity contribution in [3.05, 3.63) is 62.4 Å². The highest BCUT2D eigenvalue weighted by atomic mass is 79.9. The van der Waals surface area contributed by atoms with E-state index < -0.39 is 11.8 Å². The molecule has 1 aromatic heterocycles. The number of rotatable bonds is 4. The topological polar surface area (TPSA) is 79.5 Å². The van der Waals surface area contributed by atoms with Crippen LogP contribution in [0.2, 0.25) is 5.02 Å². The highest BCUT2D eigenvalue weighted by Crippen LogP contribution is 2.34. The normalized spacial score (nSPS) is 10.4. The minimum absolute atomic E-state index is 0.0589. The Morgan fingerprint density at radius 3 is 2.69 bits per heavy atom. The van der Waals surface area contributed by atoms with Crippen LogP contribution in [0.3, 0.4) is 0 Å². The van der Waals surface area contributed by atoms with Gasteiger partial charge in [-0.15, -0.1) is 11.3 Å². The fourth-order valence-electron chi connectivity index (χ4n) is 2.37. The molecule has 150 valence electrons. The molecule has 0 unspecified atom stereocenters. The number of carbonyl (C=O) groups excluding carboxylic acids is 2. The van der Waals surface area contributed by atoms with Crippen molar-refractivity contribution in [1.82, 2.24) is 16.2 Å². The van der Waals surface area contributed by atoms with E-state index in [1.165, 1.54) is 11.3 Å². The average Bonchev–Trinajstić information content (AvgIpc) is 3.04. The molecule has 0 spiro atoms. The van der Waals surface area contributed by atoms with E-state index in [1.54, 1.807) is 6.07 Å². The van der Waals surface area contributed by atoms with Crippen molar-refractivity contribution in [2.45, 2.75) is 6.92 Å². The fraction of sp³-hybridized carbons (Fsp3) is 0.105. The summed E-state index contributed by atoms with van der Waals surface area (Å²) in [5, 5.41) is 3.60. The molecular formula is C19H15BrClN3O3S2. The van der Waals surface area contributed by atoms with E-state index in [9.17, 15) is 9.59 Å². The molecule has 29 heavy (non-hydrogen) atoms. The zero-order valence-electron chi connectivity index (χ0n) is 15.0. The van der Waals surface area contributed by atoms with Gasteiger partial charge in [0.15, 0.2) is 11.7 Å². The van der Waals surface area contributed by atoms with Gasteiger partial charge < -0.3 is 4.74 Å². The van der Waals surface area contributed by atoms with Gasteiger partial charge >= 0.3 is 0 Å². The third-order valence-corrected chi connectivity index (χ3v) is 6.55. The predicted octanol–water partition coefficient (Wildman–Crippen LogP) is 4.34. The zero-order chi connectivity index (χ0) is 21.0. The van der Waals surface area contributed by atoms with Crippen molar-refractivity contribution in [3.63, 3.8) is 0 Å². The van der Waals surface area contributed by atoms with Gasteiger partial charge in [0.05, 0.1) is 5.02 Å². The van der Waals surface area contributed by atoms with E-state index >= 15 is 0 Å². The summed E-state index contributed by atoms with van der Waals surface area (Å²) >= 11 is 16.0. The van der Waals surface area contributed by atoms with Crippen molar-refractivity contribution in [2.75, 3.05) is 6.61 Å². The molecule has 10 heteroatoms. The molecule has 1 heterocycles. The van der Waals surface area contributed by atoms with Crippen LogP contribution in [0.5, 0.6) is 5.75 Å². The van der Waals surface area contributed by atoms with Crippen LogP contribution in [-0.4, -0.2) is 23.5 Å². The number of thiocarbonyl (C=S) groups is 1. The first-order chi connectivity index (χ1) is 13.8. The number of hydrogen-bond donors (Lipinski definition) is 3. The maximum atomic E-state index is 12.4. The summed E-state index contributed by atoms with van der Waals surface area (Å²) in [6.45, 7) is 1.70. The predicted molar refractivity (Wildman–Crippen MR) is 123 cm³/mol. The van der Waals surface area contributed by atoms with Crippen LogP contribution in [-0.2, 0) is 4.79 Å². The molecule has 0 saturated carbocycles. The number of ether oxygens (including phenoxy) is 1. The molecule has 0 aliphatic rings. The molecule has 0 bridgehead atoms. The summed E-state index contributed by atoms with van der Waals surface area (Å²) in [6, 6.07) is 12.8. The summed E-state index contributed by atoms with van der Waals surface area (Å²) in [5.41, 5.74) is 5.83. The Kier molecular flexibility index (Phi) is 7.07. The molecule has 0 saturated heterocycles. The van der Waals surface area contributed by atoms with E-state index in [1.807, 2.05) is 43.3 Å². The Bertz CT molecular complexity index is 1100. The van der Waals surface area contributed by atoms with E-state index in [4.69, 9.17) is 28.6 Å². The summed E-state index contributed by atoms with van der Waals surface area (Å²) in [4.78, 5) is 24.7. The Hall–Kier alpha value is -2.20. The van der Waals surface area contributed by atoms with Gasteiger partial charge in [0.25, 0.3) is 11.8 Å². The van der Waals surface area contributed by atoms with Crippen LogP contribution >= 0.6 is 51.1 Å². The smallest absolute Gasteiger partial charge is 0.276 e. The third-order valence-electron chi connectivity index (χ3n) is 3.78. The van der Waals surface area contributed by atoms with Gasteiger partial charge in [0.2, 0.25) is 0 Å². The van der Waals surface area contributed by atoms with Crippen LogP contribution in [0.4, 0.5) is 0 Å². The van der Waals surface area contributed by atoms with Crippen LogP contribution < -0.4 is 20.9 Å². The number of nitrogens with one attached hydrogen (secondary N) is 3. The van der Waals surface area contributed by atoms with Crippen LogP contribution in [0, 0.1) is 6.92 Å². The highest BCUT2D eigenvalue weighted by molar-refractivity contribution is 9.10. The quantitative estimate of drug-likeness (QED) is 0.358. The number of benzene rings is 2. The molecule has 0 aliphatic heterocycles. The second-order valence-electron chi connectivity index (χ2n) is 5.90. The van der Waals surface area contributed by atoms with E-state index in [0.717, 1.165) is 20.1 Å². The number of halogens is 2. The summed E-state index contributed by atoms with van der Waals surface area (Å²) in [7, 11) is 0. The highest BCUT2D eigenvalue weighted by Gasteiger charge is 2.18. The summed E-state index contributed by atoms with van der Waals surface area (Å²) in [5.74, 6) is -0.345. The van der Waals surface area contributed by atoms with Gasteiger partial charge in [-0.2, -0.15) is 0 Å². The molecular weight excluding hydrogens is 498 g/mol. The van der Waals surface area contributed by atoms with Crippen LogP contribution in [0.15, 0.2) is 46.9 Å². The number of thiophene rings is 1. The minimum atomic E-state index is -0.456. The van der Waals surface area contributed by atoms with Crippen molar-refractivity contribution in [3.8, 4) is 5.75 Å². The van der Waals surface area contributed by atoms with Crippen LogP contribution in [0.1, 0.15) is 15.2 Å².